The lowest BCUT2D eigenvalue weighted by molar-refractivity contribution is 0.173. The van der Waals surface area contributed by atoms with Gasteiger partial charge in [0, 0.05) is 5.69 Å². The summed E-state index contributed by atoms with van der Waals surface area (Å²) in [5.74, 6) is 0. The number of aryl methyl sites for hydroxylation is 1. The summed E-state index contributed by atoms with van der Waals surface area (Å²) in [6, 6.07) is 7.82. The molecule has 0 bridgehead atoms. The van der Waals surface area contributed by atoms with Crippen LogP contribution in [0, 0.1) is 0 Å². The van der Waals surface area contributed by atoms with E-state index in [2.05, 4.69) is 18.3 Å². The van der Waals surface area contributed by atoms with Gasteiger partial charge in [0.2, 0.25) is 0 Å². The molecule has 3 heteroatoms. The first-order chi connectivity index (χ1) is 7.31. The topological polar surface area (TPSA) is 21.3 Å². The Morgan fingerprint density at radius 2 is 2.20 bits per heavy atom. The largest absolute Gasteiger partial charge is 0.377 e. The van der Waals surface area contributed by atoms with Crippen LogP contribution in [0.5, 0.6) is 0 Å². The normalized spacial score (nSPS) is 25.5. The van der Waals surface area contributed by atoms with E-state index in [0.29, 0.717) is 6.61 Å². The van der Waals surface area contributed by atoms with Gasteiger partial charge in [-0.3, -0.25) is 0 Å². The molecule has 82 valence electrons. The number of benzene rings is 1. The van der Waals surface area contributed by atoms with Crippen LogP contribution in [-0.2, 0) is 11.2 Å². The number of anilines is 1. The maximum atomic E-state index is 13.3. The minimum atomic E-state index is -0.894. The Labute approximate surface area is 89.4 Å². The molecule has 2 rings (SSSR count). The highest BCUT2D eigenvalue weighted by Gasteiger charge is 2.27. The monoisotopic (exact) mass is 209 g/mol. The molecular weight excluding hydrogens is 193 g/mol. The summed E-state index contributed by atoms with van der Waals surface area (Å²) in [6.07, 6.45) is 0.0585. The average Bonchev–Trinajstić information content (AvgIpc) is 2.65. The summed E-state index contributed by atoms with van der Waals surface area (Å²) in [6.45, 7) is 2.77. The fourth-order valence-corrected chi connectivity index (χ4v) is 1.83. The molecule has 15 heavy (non-hydrogen) atoms. The zero-order valence-electron chi connectivity index (χ0n) is 8.87. The first-order valence-corrected chi connectivity index (χ1v) is 5.37. The van der Waals surface area contributed by atoms with Gasteiger partial charge in [-0.05, 0) is 18.1 Å². The Morgan fingerprint density at radius 3 is 2.87 bits per heavy atom. The van der Waals surface area contributed by atoms with Gasteiger partial charge < -0.3 is 10.1 Å². The third-order valence-electron chi connectivity index (χ3n) is 2.75. The molecule has 1 aromatic rings. The molecule has 1 aromatic carbocycles. The molecule has 0 spiro atoms. The number of halogens is 1. The van der Waals surface area contributed by atoms with Crippen LogP contribution in [-0.4, -0.2) is 25.4 Å². The van der Waals surface area contributed by atoms with Crippen LogP contribution in [0.15, 0.2) is 24.3 Å². The summed E-state index contributed by atoms with van der Waals surface area (Å²) in [7, 11) is 0. The molecule has 1 N–H and O–H groups in total. The van der Waals surface area contributed by atoms with E-state index in [-0.39, 0.29) is 12.6 Å². The molecule has 1 saturated heterocycles. The molecule has 1 aliphatic heterocycles. The van der Waals surface area contributed by atoms with Gasteiger partial charge in [-0.25, -0.2) is 4.39 Å². The molecule has 2 atom stereocenters. The molecular formula is C12H16FNO. The van der Waals surface area contributed by atoms with Crippen molar-refractivity contribution in [3.8, 4) is 0 Å². The Hall–Kier alpha value is -1.09. The van der Waals surface area contributed by atoms with E-state index in [0.717, 1.165) is 12.1 Å². The van der Waals surface area contributed by atoms with Crippen LogP contribution in [0.3, 0.4) is 0 Å². The van der Waals surface area contributed by atoms with Crippen LogP contribution in [0.25, 0.3) is 0 Å². The lowest BCUT2D eigenvalue weighted by Gasteiger charge is -2.17. The second kappa shape index (κ2) is 4.62. The van der Waals surface area contributed by atoms with E-state index in [4.69, 9.17) is 4.74 Å². The second-order valence-corrected chi connectivity index (χ2v) is 3.81. The second-order valence-electron chi connectivity index (χ2n) is 3.81. The molecule has 2 nitrogen and oxygen atoms in total. The van der Waals surface area contributed by atoms with E-state index in [9.17, 15) is 4.39 Å². The summed E-state index contributed by atoms with van der Waals surface area (Å²) < 4.78 is 18.4. The van der Waals surface area contributed by atoms with E-state index in [1.54, 1.807) is 0 Å². The summed E-state index contributed by atoms with van der Waals surface area (Å²) in [5.41, 5.74) is 2.25. The van der Waals surface area contributed by atoms with Gasteiger partial charge in [0.1, 0.15) is 6.17 Å². The maximum Gasteiger partial charge on any atom is 0.146 e. The van der Waals surface area contributed by atoms with E-state index in [1.165, 1.54) is 5.56 Å². The van der Waals surface area contributed by atoms with Crippen LogP contribution in [0.1, 0.15) is 12.5 Å². The van der Waals surface area contributed by atoms with Gasteiger partial charge in [-0.15, -0.1) is 0 Å². The van der Waals surface area contributed by atoms with E-state index < -0.39 is 6.17 Å². The standard InChI is InChI=1S/C12H16FNO/c1-2-9-5-3-4-6-11(9)14-12-8-15-7-10(12)13/h3-6,10,12,14H,2,7-8H2,1H3/t10-,12-/m1/s1. The van der Waals surface area contributed by atoms with Gasteiger partial charge >= 0.3 is 0 Å². The molecule has 1 fully saturated rings. The van der Waals surface area contributed by atoms with Crippen molar-refractivity contribution in [2.75, 3.05) is 18.5 Å². The predicted molar refractivity (Wildman–Crippen MR) is 58.9 cm³/mol. The molecule has 0 radical (unpaired) electrons. The van der Waals surface area contributed by atoms with Gasteiger partial charge in [0.25, 0.3) is 0 Å². The smallest absolute Gasteiger partial charge is 0.146 e. The summed E-state index contributed by atoms with van der Waals surface area (Å²) in [5, 5.41) is 3.21. The van der Waals surface area contributed by atoms with Crippen molar-refractivity contribution in [2.45, 2.75) is 25.6 Å². The molecule has 0 aliphatic carbocycles. The highest BCUT2D eigenvalue weighted by Crippen LogP contribution is 2.20. The van der Waals surface area contributed by atoms with E-state index >= 15 is 0 Å². The number of hydrogen-bond acceptors (Lipinski definition) is 2. The van der Waals surface area contributed by atoms with Gasteiger partial charge in [0.05, 0.1) is 19.3 Å². The van der Waals surface area contributed by atoms with Gasteiger partial charge in [-0.1, -0.05) is 25.1 Å². The van der Waals surface area contributed by atoms with Crippen molar-refractivity contribution in [3.05, 3.63) is 29.8 Å². The zero-order chi connectivity index (χ0) is 10.7. The predicted octanol–water partition coefficient (Wildman–Crippen LogP) is 2.40. The van der Waals surface area contributed by atoms with Crippen molar-refractivity contribution in [3.63, 3.8) is 0 Å². The Balaban J connectivity index is 2.09. The number of para-hydroxylation sites is 1. The third kappa shape index (κ3) is 2.29. The Morgan fingerprint density at radius 1 is 1.40 bits per heavy atom. The molecule has 1 heterocycles. The van der Waals surface area contributed by atoms with Gasteiger partial charge in [-0.2, -0.15) is 0 Å². The minimum Gasteiger partial charge on any atom is -0.377 e. The highest BCUT2D eigenvalue weighted by atomic mass is 19.1. The van der Waals surface area contributed by atoms with Crippen molar-refractivity contribution < 1.29 is 9.13 Å². The molecule has 0 saturated carbocycles. The lowest BCUT2D eigenvalue weighted by Crippen LogP contribution is -2.29. The van der Waals surface area contributed by atoms with Crippen molar-refractivity contribution in [1.29, 1.82) is 0 Å². The first-order valence-electron chi connectivity index (χ1n) is 5.37. The van der Waals surface area contributed by atoms with Crippen molar-refractivity contribution in [2.24, 2.45) is 0 Å². The lowest BCUT2D eigenvalue weighted by atomic mass is 10.1. The van der Waals surface area contributed by atoms with Gasteiger partial charge in [0.15, 0.2) is 0 Å². The third-order valence-corrected chi connectivity index (χ3v) is 2.75. The molecule has 0 aromatic heterocycles. The highest BCUT2D eigenvalue weighted by molar-refractivity contribution is 5.52. The Kier molecular flexibility index (Phi) is 3.21. The first kappa shape index (κ1) is 10.4. The average molecular weight is 209 g/mol. The number of hydrogen-bond donors (Lipinski definition) is 1. The SMILES string of the molecule is CCc1ccccc1N[C@@H]1COC[C@H]1F. The fourth-order valence-electron chi connectivity index (χ4n) is 1.83. The number of rotatable bonds is 3. The van der Waals surface area contributed by atoms with Crippen molar-refractivity contribution >= 4 is 5.69 Å². The van der Waals surface area contributed by atoms with Crippen LogP contribution >= 0.6 is 0 Å². The Bertz CT molecular complexity index is 329. The summed E-state index contributed by atoms with van der Waals surface area (Å²) >= 11 is 0. The van der Waals surface area contributed by atoms with Crippen LogP contribution in [0.2, 0.25) is 0 Å². The molecule has 1 aliphatic rings. The molecule has 0 unspecified atom stereocenters. The van der Waals surface area contributed by atoms with E-state index in [1.807, 2.05) is 18.2 Å². The van der Waals surface area contributed by atoms with Crippen molar-refractivity contribution in [1.82, 2.24) is 0 Å². The fraction of sp³-hybridized carbons (Fsp3) is 0.500. The number of nitrogens with one attached hydrogen (secondary N) is 1. The number of alkyl halides is 1. The number of ether oxygens (including phenoxy) is 1. The maximum absolute atomic E-state index is 13.3. The van der Waals surface area contributed by atoms with Crippen LogP contribution < -0.4 is 5.32 Å². The minimum absolute atomic E-state index is 0.197. The van der Waals surface area contributed by atoms with Crippen LogP contribution in [0.4, 0.5) is 10.1 Å². The zero-order valence-corrected chi connectivity index (χ0v) is 8.87. The molecule has 0 amide bonds. The summed E-state index contributed by atoms with van der Waals surface area (Å²) in [4.78, 5) is 0. The quantitative estimate of drug-likeness (QED) is 0.825.